The Labute approximate surface area is 192 Å². The summed E-state index contributed by atoms with van der Waals surface area (Å²) in [7, 11) is -9.98. The zero-order chi connectivity index (χ0) is 25.8. The van der Waals surface area contributed by atoms with Crippen LogP contribution in [0, 0.1) is 28.9 Å². The van der Waals surface area contributed by atoms with Crippen molar-refractivity contribution in [3.8, 4) is 17.5 Å². The summed E-state index contributed by atoms with van der Waals surface area (Å²) in [6.07, 6.45) is 3.44. The molecule has 0 saturated heterocycles. The minimum atomic E-state index is -9.98. The van der Waals surface area contributed by atoms with E-state index in [-0.39, 0.29) is 17.4 Å². The molecule has 0 aliphatic heterocycles. The van der Waals surface area contributed by atoms with Gasteiger partial charge in [0.05, 0.1) is 6.20 Å². The number of nitrogens with two attached hydrogens (primary N) is 1. The zero-order valence-electron chi connectivity index (χ0n) is 17.0. The summed E-state index contributed by atoms with van der Waals surface area (Å²) in [6, 6.07) is 4.00. The maximum Gasteiger partial charge on any atom is 0.310 e. The molecule has 15 heteroatoms. The minimum absolute atomic E-state index is 0.00662. The molecule has 1 aromatic heterocycles. The van der Waals surface area contributed by atoms with Crippen LogP contribution in [0.5, 0.6) is 0 Å². The van der Waals surface area contributed by atoms with E-state index in [1.54, 1.807) is 6.26 Å². The van der Waals surface area contributed by atoms with E-state index >= 15 is 0 Å². The third-order valence-corrected chi connectivity index (χ3v) is 5.66. The van der Waals surface area contributed by atoms with Crippen LogP contribution in [0.4, 0.5) is 44.2 Å². The van der Waals surface area contributed by atoms with E-state index in [9.17, 15) is 32.6 Å². The molecule has 0 aliphatic rings. The summed E-state index contributed by atoms with van der Waals surface area (Å²) < 4.78 is 108. The van der Waals surface area contributed by atoms with Gasteiger partial charge in [-0.3, -0.25) is 0 Å². The maximum absolute atomic E-state index is 14.1. The fourth-order valence-corrected chi connectivity index (χ4v) is 3.86. The standard InChI is InChI=1S/C18H13F8N3S2.CH2N2/c1-30-9-10-4-12(7-13(5-10)31(22,23,24,25)26)28-18-27-8-16(21)17(29-18)14-3-2-11(19)6-15(14)20;2-1-3/h2-8H,9H2,1H3,(H,27,28,29);2H2. The van der Waals surface area contributed by atoms with Gasteiger partial charge in [0.2, 0.25) is 5.95 Å². The smallest absolute Gasteiger partial charge is 0.310 e. The predicted octanol–water partition coefficient (Wildman–Crippen LogP) is 7.25. The highest BCUT2D eigenvalue weighted by Gasteiger charge is 2.65. The minimum Gasteiger partial charge on any atom is -0.337 e. The summed E-state index contributed by atoms with van der Waals surface area (Å²) in [5.74, 6) is -3.60. The highest BCUT2D eigenvalue weighted by atomic mass is 32.5. The largest absolute Gasteiger partial charge is 0.337 e. The molecule has 0 unspecified atom stereocenters. The summed E-state index contributed by atoms with van der Waals surface area (Å²) in [5, 5.41) is 9.41. The molecule has 0 radical (unpaired) electrons. The Balaban J connectivity index is 0.00000129. The number of thioether (sulfide) groups is 1. The average Bonchev–Trinajstić information content (AvgIpc) is 2.69. The number of halogens is 8. The van der Waals surface area contributed by atoms with E-state index < -0.39 is 55.5 Å². The quantitative estimate of drug-likeness (QED) is 0.199. The Kier molecular flexibility index (Phi) is 7.29. The average molecular weight is 529 g/mol. The van der Waals surface area contributed by atoms with Gasteiger partial charge < -0.3 is 11.1 Å². The third-order valence-electron chi connectivity index (χ3n) is 3.91. The number of hydrogen-bond acceptors (Lipinski definition) is 6. The summed E-state index contributed by atoms with van der Waals surface area (Å²) in [4.78, 5) is 5.15. The molecular formula is C19H15F8N5S2. The molecule has 184 valence electrons. The van der Waals surface area contributed by atoms with E-state index in [0.29, 0.717) is 18.3 Å². The molecule has 0 spiro atoms. The number of nitrogens with one attached hydrogen (secondary N) is 1. The SMILES string of the molecule is CSCc1cc(Nc2ncc(F)c(-c3ccc(F)cc3F)n2)cc(S(F)(F)(F)(F)F)c1.N#CN. The second-order valence-electron chi connectivity index (χ2n) is 6.54. The van der Waals surface area contributed by atoms with Crippen molar-refractivity contribution in [1.82, 2.24) is 9.97 Å². The normalized spacial score (nSPS) is 13.1. The lowest BCUT2D eigenvalue weighted by Gasteiger charge is -2.41. The number of aromatic nitrogens is 2. The molecule has 2 aromatic carbocycles. The molecule has 0 saturated carbocycles. The Morgan fingerprint density at radius 1 is 1.03 bits per heavy atom. The molecule has 1 heterocycles. The second kappa shape index (κ2) is 9.18. The lowest BCUT2D eigenvalue weighted by atomic mass is 10.1. The Morgan fingerprint density at radius 2 is 1.68 bits per heavy atom. The molecule has 0 bridgehead atoms. The van der Waals surface area contributed by atoms with Crippen molar-refractivity contribution in [3.05, 3.63) is 65.6 Å². The van der Waals surface area contributed by atoms with Crippen LogP contribution < -0.4 is 11.1 Å². The van der Waals surface area contributed by atoms with Crippen molar-refractivity contribution >= 4 is 33.6 Å². The van der Waals surface area contributed by atoms with Crippen LogP contribution in [0.1, 0.15) is 5.56 Å². The fourth-order valence-electron chi connectivity index (χ4n) is 2.63. The Hall–Kier alpha value is -3.25. The first-order valence-electron chi connectivity index (χ1n) is 8.79. The number of anilines is 2. The summed E-state index contributed by atoms with van der Waals surface area (Å²) in [6.45, 7) is 0. The highest BCUT2D eigenvalue weighted by Crippen LogP contribution is 3.02. The molecule has 0 amide bonds. The van der Waals surface area contributed by atoms with Crippen LogP contribution in [-0.2, 0) is 5.75 Å². The van der Waals surface area contributed by atoms with E-state index in [2.05, 4.69) is 21.0 Å². The van der Waals surface area contributed by atoms with Crippen molar-refractivity contribution in [2.24, 2.45) is 5.73 Å². The maximum atomic E-state index is 14.1. The van der Waals surface area contributed by atoms with Crippen molar-refractivity contribution < 1.29 is 32.6 Å². The van der Waals surface area contributed by atoms with Gasteiger partial charge in [-0.15, -0.1) is 0 Å². The predicted molar refractivity (Wildman–Crippen MR) is 115 cm³/mol. The highest BCUT2D eigenvalue weighted by molar-refractivity contribution is 8.45. The molecule has 3 rings (SSSR count). The molecule has 5 nitrogen and oxygen atoms in total. The monoisotopic (exact) mass is 529 g/mol. The van der Waals surface area contributed by atoms with E-state index in [4.69, 9.17) is 5.26 Å². The van der Waals surface area contributed by atoms with Crippen LogP contribution in [-0.4, -0.2) is 16.2 Å². The molecule has 0 aliphatic carbocycles. The molecule has 0 atom stereocenters. The fraction of sp³-hybridized carbons (Fsp3) is 0.105. The molecule has 3 aromatic rings. The van der Waals surface area contributed by atoms with Gasteiger partial charge in [-0.2, -0.15) is 17.0 Å². The van der Waals surface area contributed by atoms with Gasteiger partial charge in [0.25, 0.3) is 0 Å². The number of nitrogens with zero attached hydrogens (tertiary/aromatic N) is 3. The van der Waals surface area contributed by atoms with Gasteiger partial charge in [0.15, 0.2) is 12.0 Å². The van der Waals surface area contributed by atoms with E-state index in [0.717, 1.165) is 23.9 Å². The van der Waals surface area contributed by atoms with Crippen molar-refractivity contribution in [2.75, 3.05) is 11.6 Å². The van der Waals surface area contributed by atoms with Gasteiger partial charge in [0.1, 0.15) is 22.2 Å². The Bertz CT molecular complexity index is 1250. The van der Waals surface area contributed by atoms with Gasteiger partial charge in [-0.1, -0.05) is 19.4 Å². The van der Waals surface area contributed by atoms with E-state index in [1.807, 2.05) is 0 Å². The zero-order valence-corrected chi connectivity index (χ0v) is 18.6. The number of nitriles is 1. The van der Waals surface area contributed by atoms with Gasteiger partial charge in [-0.05, 0) is 42.2 Å². The van der Waals surface area contributed by atoms with Crippen LogP contribution in [0.2, 0.25) is 0 Å². The first-order chi connectivity index (χ1) is 15.6. The van der Waals surface area contributed by atoms with Crippen LogP contribution in [0.15, 0.2) is 47.5 Å². The number of hydrogen-bond donors (Lipinski definition) is 2. The lowest BCUT2D eigenvalue weighted by molar-refractivity contribution is 0.364. The molecule has 0 fully saturated rings. The second-order valence-corrected chi connectivity index (χ2v) is 9.81. The first-order valence-corrected chi connectivity index (χ1v) is 12.1. The van der Waals surface area contributed by atoms with Crippen LogP contribution >= 0.6 is 22.0 Å². The van der Waals surface area contributed by atoms with E-state index in [1.165, 1.54) is 12.3 Å². The molecule has 3 N–H and O–H groups in total. The van der Waals surface area contributed by atoms with Crippen LogP contribution in [0.3, 0.4) is 0 Å². The van der Waals surface area contributed by atoms with Crippen LogP contribution in [0.25, 0.3) is 11.3 Å². The van der Waals surface area contributed by atoms with Gasteiger partial charge >= 0.3 is 10.2 Å². The van der Waals surface area contributed by atoms with Crippen molar-refractivity contribution in [2.45, 2.75) is 10.6 Å². The molecular weight excluding hydrogens is 514 g/mol. The number of benzene rings is 2. The molecule has 34 heavy (non-hydrogen) atoms. The third kappa shape index (κ3) is 7.12. The number of rotatable bonds is 6. The first kappa shape index (κ1) is 27.0. The topological polar surface area (TPSA) is 87.6 Å². The summed E-state index contributed by atoms with van der Waals surface area (Å²) in [5.41, 5.74) is 2.66. The van der Waals surface area contributed by atoms with Gasteiger partial charge in [-0.25, -0.2) is 23.1 Å². The summed E-state index contributed by atoms with van der Waals surface area (Å²) >= 11 is 1.11. The van der Waals surface area contributed by atoms with Crippen molar-refractivity contribution in [3.63, 3.8) is 0 Å². The van der Waals surface area contributed by atoms with Crippen molar-refractivity contribution in [1.29, 1.82) is 5.26 Å². The van der Waals surface area contributed by atoms with Gasteiger partial charge in [0, 0.05) is 23.1 Å². The Morgan fingerprint density at radius 3 is 2.24 bits per heavy atom. The lowest BCUT2D eigenvalue weighted by Crippen LogP contribution is -2.08.